The van der Waals surface area contributed by atoms with Crippen LogP contribution in [0.5, 0.6) is 5.75 Å². The van der Waals surface area contributed by atoms with E-state index in [1.54, 1.807) is 24.3 Å². The SMILES string of the molecule is CC(=O)c1cccc(OCC(=O)N2CCCC[C@@H]2C(=O)O)c1. The van der Waals surface area contributed by atoms with E-state index in [1.807, 2.05) is 0 Å². The Morgan fingerprint density at radius 2 is 2.09 bits per heavy atom. The molecule has 1 aromatic rings. The van der Waals surface area contributed by atoms with Crippen molar-refractivity contribution in [2.24, 2.45) is 0 Å². The lowest BCUT2D eigenvalue weighted by Gasteiger charge is -2.32. The summed E-state index contributed by atoms with van der Waals surface area (Å²) in [4.78, 5) is 36.0. The van der Waals surface area contributed by atoms with E-state index in [9.17, 15) is 14.4 Å². The highest BCUT2D eigenvalue weighted by Gasteiger charge is 2.31. The van der Waals surface area contributed by atoms with Crippen LogP contribution in [0.3, 0.4) is 0 Å². The molecule has 2 rings (SSSR count). The minimum atomic E-state index is -0.980. The maximum atomic E-state index is 12.2. The number of carboxylic acids is 1. The Kier molecular flexibility index (Phi) is 5.14. The van der Waals surface area contributed by atoms with Crippen molar-refractivity contribution in [1.29, 1.82) is 0 Å². The van der Waals surface area contributed by atoms with E-state index in [-0.39, 0.29) is 18.3 Å². The lowest BCUT2D eigenvalue weighted by Crippen LogP contribution is -2.49. The number of benzene rings is 1. The van der Waals surface area contributed by atoms with Gasteiger partial charge in [-0.05, 0) is 38.3 Å². The Hall–Kier alpha value is -2.37. The molecule has 0 unspecified atom stereocenters. The molecule has 1 N–H and O–H groups in total. The van der Waals surface area contributed by atoms with E-state index in [0.29, 0.717) is 24.3 Å². The van der Waals surface area contributed by atoms with Gasteiger partial charge in [0.05, 0.1) is 0 Å². The van der Waals surface area contributed by atoms with Gasteiger partial charge in [-0.25, -0.2) is 4.79 Å². The quantitative estimate of drug-likeness (QED) is 0.838. The van der Waals surface area contributed by atoms with Gasteiger partial charge in [-0.15, -0.1) is 0 Å². The first-order chi connectivity index (χ1) is 10.5. The molecule has 1 amide bonds. The Bertz CT molecular complexity index is 584. The van der Waals surface area contributed by atoms with Crippen molar-refractivity contribution in [3.05, 3.63) is 29.8 Å². The fraction of sp³-hybridized carbons (Fsp3) is 0.438. The minimum Gasteiger partial charge on any atom is -0.484 e. The summed E-state index contributed by atoms with van der Waals surface area (Å²) in [6.07, 6.45) is 2.08. The highest BCUT2D eigenvalue weighted by Crippen LogP contribution is 2.18. The van der Waals surface area contributed by atoms with Gasteiger partial charge in [0.1, 0.15) is 11.8 Å². The number of amides is 1. The second-order valence-electron chi connectivity index (χ2n) is 5.31. The lowest BCUT2D eigenvalue weighted by atomic mass is 10.0. The largest absolute Gasteiger partial charge is 0.484 e. The van der Waals surface area contributed by atoms with Gasteiger partial charge in [0, 0.05) is 12.1 Å². The van der Waals surface area contributed by atoms with Crippen molar-refractivity contribution in [2.75, 3.05) is 13.2 Å². The van der Waals surface area contributed by atoms with E-state index < -0.39 is 12.0 Å². The molecule has 6 nitrogen and oxygen atoms in total. The van der Waals surface area contributed by atoms with Crippen molar-refractivity contribution >= 4 is 17.7 Å². The topological polar surface area (TPSA) is 83.9 Å². The van der Waals surface area contributed by atoms with Gasteiger partial charge in [-0.3, -0.25) is 9.59 Å². The molecule has 22 heavy (non-hydrogen) atoms. The zero-order valence-corrected chi connectivity index (χ0v) is 12.4. The molecule has 0 saturated carbocycles. The number of nitrogens with zero attached hydrogens (tertiary/aromatic N) is 1. The number of likely N-dealkylation sites (tertiary alicyclic amines) is 1. The predicted octanol–water partition coefficient (Wildman–Crippen LogP) is 1.73. The summed E-state index contributed by atoms with van der Waals surface area (Å²) in [5, 5.41) is 9.17. The van der Waals surface area contributed by atoms with Gasteiger partial charge in [0.25, 0.3) is 5.91 Å². The number of ether oxygens (including phenoxy) is 1. The summed E-state index contributed by atoms with van der Waals surface area (Å²) in [6.45, 7) is 1.66. The van der Waals surface area contributed by atoms with Crippen LogP contribution in [0.4, 0.5) is 0 Å². The first-order valence-corrected chi connectivity index (χ1v) is 7.25. The van der Waals surface area contributed by atoms with Crippen LogP contribution in [-0.2, 0) is 9.59 Å². The maximum Gasteiger partial charge on any atom is 0.326 e. The van der Waals surface area contributed by atoms with Gasteiger partial charge >= 0.3 is 5.97 Å². The molecular formula is C16H19NO5. The van der Waals surface area contributed by atoms with E-state index >= 15 is 0 Å². The normalized spacial score (nSPS) is 17.9. The number of ketones is 1. The number of hydrogen-bond donors (Lipinski definition) is 1. The third-order valence-electron chi connectivity index (χ3n) is 3.71. The number of piperidine rings is 1. The fourth-order valence-electron chi connectivity index (χ4n) is 2.52. The van der Waals surface area contributed by atoms with Gasteiger partial charge in [-0.1, -0.05) is 12.1 Å². The van der Waals surface area contributed by atoms with Crippen LogP contribution in [0.15, 0.2) is 24.3 Å². The molecule has 1 atom stereocenters. The molecular weight excluding hydrogens is 286 g/mol. The lowest BCUT2D eigenvalue weighted by molar-refractivity contribution is -0.152. The highest BCUT2D eigenvalue weighted by atomic mass is 16.5. The molecule has 1 saturated heterocycles. The molecule has 1 heterocycles. The molecule has 6 heteroatoms. The molecule has 0 spiro atoms. The van der Waals surface area contributed by atoms with Crippen molar-refractivity contribution in [3.8, 4) is 5.75 Å². The van der Waals surface area contributed by atoms with Crippen LogP contribution < -0.4 is 4.74 Å². The number of carboxylic acid groups (broad SMARTS) is 1. The van der Waals surface area contributed by atoms with Gasteiger partial charge in [0.15, 0.2) is 12.4 Å². The van der Waals surface area contributed by atoms with Crippen LogP contribution in [0.1, 0.15) is 36.5 Å². The zero-order valence-electron chi connectivity index (χ0n) is 12.4. The van der Waals surface area contributed by atoms with E-state index in [1.165, 1.54) is 11.8 Å². The molecule has 0 bridgehead atoms. The van der Waals surface area contributed by atoms with E-state index in [4.69, 9.17) is 9.84 Å². The van der Waals surface area contributed by atoms with Crippen LogP contribution in [0.25, 0.3) is 0 Å². The standard InChI is InChI=1S/C16H19NO5/c1-11(18)12-5-4-6-13(9-12)22-10-15(19)17-8-3-2-7-14(17)16(20)21/h4-6,9,14H,2-3,7-8,10H2,1H3,(H,20,21)/t14-/m1/s1. The maximum absolute atomic E-state index is 12.2. The third kappa shape index (κ3) is 3.84. The first kappa shape index (κ1) is 16.0. The number of carbonyl (C=O) groups is 3. The van der Waals surface area contributed by atoms with Crippen molar-refractivity contribution < 1.29 is 24.2 Å². The van der Waals surface area contributed by atoms with Crippen LogP contribution in [0, 0.1) is 0 Å². The van der Waals surface area contributed by atoms with E-state index in [0.717, 1.165) is 12.8 Å². The summed E-state index contributed by atoms with van der Waals surface area (Å²) in [6, 6.07) is 5.80. The molecule has 1 aliphatic rings. The van der Waals surface area contributed by atoms with Crippen LogP contribution in [-0.4, -0.2) is 46.9 Å². The number of hydrogen-bond acceptors (Lipinski definition) is 4. The number of aliphatic carboxylic acids is 1. The second-order valence-corrected chi connectivity index (χ2v) is 5.31. The minimum absolute atomic E-state index is 0.0845. The average molecular weight is 305 g/mol. The average Bonchev–Trinajstić information content (AvgIpc) is 2.52. The Morgan fingerprint density at radius 1 is 1.32 bits per heavy atom. The molecule has 118 valence electrons. The van der Waals surface area contributed by atoms with Crippen molar-refractivity contribution in [3.63, 3.8) is 0 Å². The van der Waals surface area contributed by atoms with Gasteiger partial charge in [-0.2, -0.15) is 0 Å². The smallest absolute Gasteiger partial charge is 0.326 e. The fourth-order valence-corrected chi connectivity index (χ4v) is 2.52. The van der Waals surface area contributed by atoms with Gasteiger partial charge < -0.3 is 14.7 Å². The Balaban J connectivity index is 1.98. The monoisotopic (exact) mass is 305 g/mol. The summed E-state index contributed by atoms with van der Waals surface area (Å²) in [5.74, 6) is -0.990. The van der Waals surface area contributed by atoms with Crippen molar-refractivity contribution in [2.45, 2.75) is 32.2 Å². The molecule has 0 radical (unpaired) electrons. The highest BCUT2D eigenvalue weighted by molar-refractivity contribution is 5.94. The molecule has 1 aromatic carbocycles. The van der Waals surface area contributed by atoms with Crippen LogP contribution >= 0.6 is 0 Å². The number of carbonyl (C=O) groups excluding carboxylic acids is 2. The third-order valence-corrected chi connectivity index (χ3v) is 3.71. The number of rotatable bonds is 5. The molecule has 1 aliphatic heterocycles. The Morgan fingerprint density at radius 3 is 2.77 bits per heavy atom. The molecule has 1 fully saturated rings. The molecule has 0 aliphatic carbocycles. The van der Waals surface area contributed by atoms with Crippen molar-refractivity contribution in [1.82, 2.24) is 4.90 Å². The zero-order chi connectivity index (χ0) is 16.1. The van der Waals surface area contributed by atoms with E-state index in [2.05, 4.69) is 0 Å². The second kappa shape index (κ2) is 7.06. The predicted molar refractivity (Wildman–Crippen MR) is 78.9 cm³/mol. The van der Waals surface area contributed by atoms with Crippen LogP contribution in [0.2, 0.25) is 0 Å². The number of Topliss-reactive ketones (excluding diaryl/α,β-unsaturated/α-hetero) is 1. The summed E-state index contributed by atoms with van der Waals surface area (Å²) >= 11 is 0. The van der Waals surface area contributed by atoms with Gasteiger partial charge in [0.2, 0.25) is 0 Å². The molecule has 0 aromatic heterocycles. The summed E-state index contributed by atoms with van der Waals surface area (Å²) in [7, 11) is 0. The summed E-state index contributed by atoms with van der Waals surface area (Å²) < 4.78 is 5.40. The Labute approximate surface area is 128 Å². The first-order valence-electron chi connectivity index (χ1n) is 7.25. The summed E-state index contributed by atoms with van der Waals surface area (Å²) in [5.41, 5.74) is 0.506.